The van der Waals surface area contributed by atoms with Crippen molar-refractivity contribution in [2.75, 3.05) is 0 Å². The smallest absolute Gasteiger partial charge is 0.250 e. The number of hydrogen-bond donors (Lipinski definition) is 1. The molecule has 1 aliphatic rings. The molecule has 1 amide bonds. The van der Waals surface area contributed by atoms with Crippen LogP contribution in [0.1, 0.15) is 32.7 Å². The predicted molar refractivity (Wildman–Crippen MR) is 71.9 cm³/mol. The molecule has 1 aliphatic carbocycles. The molecule has 0 spiro atoms. The van der Waals surface area contributed by atoms with Crippen LogP contribution in [0.25, 0.3) is 0 Å². The van der Waals surface area contributed by atoms with Gasteiger partial charge < -0.3 is 10.5 Å². The van der Waals surface area contributed by atoms with Crippen molar-refractivity contribution in [2.45, 2.75) is 12.8 Å². The maximum absolute atomic E-state index is 11.5. The van der Waals surface area contributed by atoms with Gasteiger partial charge in [0.1, 0.15) is 5.75 Å². The minimum Gasteiger partial charge on any atom is -0.439 e. The van der Waals surface area contributed by atoms with Crippen LogP contribution in [0.5, 0.6) is 11.6 Å². The average molecular weight is 268 g/mol. The Bertz CT molecular complexity index is 693. The molecule has 0 aliphatic heterocycles. The van der Waals surface area contributed by atoms with Gasteiger partial charge in [-0.25, -0.2) is 4.98 Å². The Kier molecular flexibility index (Phi) is 2.95. The molecule has 100 valence electrons. The SMILES string of the molecule is NC(=O)c1ccc(Oc2ccc3c(c2)CCC3=O)nc1. The maximum atomic E-state index is 11.5. The zero-order valence-electron chi connectivity index (χ0n) is 10.6. The van der Waals surface area contributed by atoms with Crippen LogP contribution in [0, 0.1) is 0 Å². The lowest BCUT2D eigenvalue weighted by molar-refractivity contribution is 0.0988. The summed E-state index contributed by atoms with van der Waals surface area (Å²) >= 11 is 0. The van der Waals surface area contributed by atoms with Crippen LogP contribution in [0.2, 0.25) is 0 Å². The van der Waals surface area contributed by atoms with Gasteiger partial charge in [0.15, 0.2) is 5.78 Å². The summed E-state index contributed by atoms with van der Waals surface area (Å²) < 4.78 is 5.60. The first kappa shape index (κ1) is 12.3. The second kappa shape index (κ2) is 4.77. The topological polar surface area (TPSA) is 82.3 Å². The van der Waals surface area contributed by atoms with Crippen LogP contribution in [-0.2, 0) is 6.42 Å². The zero-order valence-corrected chi connectivity index (χ0v) is 10.6. The number of Topliss-reactive ketones (excluding diaryl/α,β-unsaturated/α-hetero) is 1. The molecular formula is C15H12N2O3. The van der Waals surface area contributed by atoms with Crippen molar-refractivity contribution in [3.05, 3.63) is 53.2 Å². The van der Waals surface area contributed by atoms with Gasteiger partial charge in [-0.2, -0.15) is 0 Å². The monoisotopic (exact) mass is 268 g/mol. The van der Waals surface area contributed by atoms with Crippen LogP contribution in [0.4, 0.5) is 0 Å². The minimum atomic E-state index is -0.528. The number of aryl methyl sites for hydroxylation is 1. The molecule has 1 aromatic heterocycles. The first-order chi connectivity index (χ1) is 9.63. The maximum Gasteiger partial charge on any atom is 0.250 e. The molecule has 3 rings (SSSR count). The Labute approximate surface area is 115 Å². The average Bonchev–Trinajstić information content (AvgIpc) is 2.81. The van der Waals surface area contributed by atoms with E-state index in [1.807, 2.05) is 6.07 Å². The number of carbonyl (C=O) groups is 2. The van der Waals surface area contributed by atoms with Gasteiger partial charge in [-0.3, -0.25) is 9.59 Å². The van der Waals surface area contributed by atoms with Crippen LogP contribution >= 0.6 is 0 Å². The number of ether oxygens (including phenoxy) is 1. The third-order valence-corrected chi connectivity index (χ3v) is 3.24. The second-order valence-corrected chi connectivity index (χ2v) is 4.59. The van der Waals surface area contributed by atoms with Gasteiger partial charge in [0, 0.05) is 24.2 Å². The molecule has 1 aromatic carbocycles. The number of nitrogens with two attached hydrogens (primary N) is 1. The fourth-order valence-corrected chi connectivity index (χ4v) is 2.20. The van der Waals surface area contributed by atoms with E-state index in [0.717, 1.165) is 17.5 Å². The van der Waals surface area contributed by atoms with Crippen molar-refractivity contribution in [3.8, 4) is 11.6 Å². The van der Waals surface area contributed by atoms with Gasteiger partial charge in [0.2, 0.25) is 11.8 Å². The Morgan fingerprint density at radius 3 is 2.75 bits per heavy atom. The van der Waals surface area contributed by atoms with Crippen molar-refractivity contribution >= 4 is 11.7 Å². The largest absolute Gasteiger partial charge is 0.439 e. The number of amides is 1. The Balaban J connectivity index is 1.81. The van der Waals surface area contributed by atoms with E-state index in [2.05, 4.69) is 4.98 Å². The Morgan fingerprint density at radius 1 is 1.20 bits per heavy atom. The molecule has 0 saturated carbocycles. The molecule has 0 fully saturated rings. The molecule has 0 radical (unpaired) electrons. The van der Waals surface area contributed by atoms with Crippen LogP contribution < -0.4 is 10.5 Å². The summed E-state index contributed by atoms with van der Waals surface area (Å²) in [5.41, 5.74) is 7.24. The van der Waals surface area contributed by atoms with Crippen LogP contribution in [0.15, 0.2) is 36.5 Å². The third kappa shape index (κ3) is 2.25. The minimum absolute atomic E-state index is 0.176. The van der Waals surface area contributed by atoms with E-state index in [1.54, 1.807) is 24.3 Å². The molecular weight excluding hydrogens is 256 g/mol. The summed E-state index contributed by atoms with van der Waals surface area (Å²) in [6, 6.07) is 8.51. The highest BCUT2D eigenvalue weighted by molar-refractivity contribution is 6.00. The molecule has 20 heavy (non-hydrogen) atoms. The van der Waals surface area contributed by atoms with E-state index in [9.17, 15) is 9.59 Å². The molecule has 5 nitrogen and oxygen atoms in total. The Morgan fingerprint density at radius 2 is 2.05 bits per heavy atom. The van der Waals surface area contributed by atoms with Crippen molar-refractivity contribution in [3.63, 3.8) is 0 Å². The molecule has 0 unspecified atom stereocenters. The number of aromatic nitrogens is 1. The summed E-state index contributed by atoms with van der Waals surface area (Å²) in [5, 5.41) is 0. The van der Waals surface area contributed by atoms with E-state index in [1.165, 1.54) is 6.20 Å². The van der Waals surface area contributed by atoms with Gasteiger partial charge in [0.25, 0.3) is 0 Å². The quantitative estimate of drug-likeness (QED) is 0.924. The number of fused-ring (bicyclic) bond motifs is 1. The zero-order chi connectivity index (χ0) is 14.1. The van der Waals surface area contributed by atoms with E-state index in [-0.39, 0.29) is 5.78 Å². The van der Waals surface area contributed by atoms with Crippen molar-refractivity contribution < 1.29 is 14.3 Å². The highest BCUT2D eigenvalue weighted by atomic mass is 16.5. The van der Waals surface area contributed by atoms with Crippen molar-refractivity contribution in [1.29, 1.82) is 0 Å². The van der Waals surface area contributed by atoms with E-state index in [4.69, 9.17) is 10.5 Å². The van der Waals surface area contributed by atoms with Crippen LogP contribution in [-0.4, -0.2) is 16.7 Å². The third-order valence-electron chi connectivity index (χ3n) is 3.24. The summed E-state index contributed by atoms with van der Waals surface area (Å²) in [7, 11) is 0. The fraction of sp³-hybridized carbons (Fsp3) is 0.133. The van der Waals surface area contributed by atoms with Gasteiger partial charge in [-0.05, 0) is 36.2 Å². The summed E-state index contributed by atoms with van der Waals surface area (Å²) in [6.45, 7) is 0. The molecule has 2 N–H and O–H groups in total. The van der Waals surface area contributed by atoms with E-state index >= 15 is 0 Å². The van der Waals surface area contributed by atoms with Gasteiger partial charge >= 0.3 is 0 Å². The number of benzene rings is 1. The number of nitrogens with zero attached hydrogens (tertiary/aromatic N) is 1. The first-order valence-corrected chi connectivity index (χ1v) is 6.23. The van der Waals surface area contributed by atoms with E-state index < -0.39 is 5.91 Å². The summed E-state index contributed by atoms with van der Waals surface area (Å²) in [6.07, 6.45) is 2.68. The number of primary amides is 1. The number of ketones is 1. The number of pyridine rings is 1. The normalized spacial score (nSPS) is 13.1. The van der Waals surface area contributed by atoms with Gasteiger partial charge in [-0.15, -0.1) is 0 Å². The molecule has 5 heteroatoms. The first-order valence-electron chi connectivity index (χ1n) is 6.23. The highest BCUT2D eigenvalue weighted by Crippen LogP contribution is 2.28. The lowest BCUT2D eigenvalue weighted by Gasteiger charge is -2.06. The second-order valence-electron chi connectivity index (χ2n) is 4.59. The van der Waals surface area contributed by atoms with Crippen LogP contribution in [0.3, 0.4) is 0 Å². The standard InChI is InChI=1S/C15H12N2O3/c16-15(19)10-2-6-14(17-8-10)20-11-3-4-12-9(7-11)1-5-13(12)18/h2-4,6-8H,1,5H2,(H2,16,19). The van der Waals surface area contributed by atoms with Gasteiger partial charge in [0.05, 0.1) is 5.56 Å². The fourth-order valence-electron chi connectivity index (χ4n) is 2.20. The van der Waals surface area contributed by atoms with Crippen molar-refractivity contribution in [1.82, 2.24) is 4.98 Å². The molecule has 2 aromatic rings. The van der Waals surface area contributed by atoms with Crippen molar-refractivity contribution in [2.24, 2.45) is 5.73 Å². The molecule has 0 saturated heterocycles. The lowest BCUT2D eigenvalue weighted by Crippen LogP contribution is -2.10. The Hall–Kier alpha value is -2.69. The van der Waals surface area contributed by atoms with E-state index in [0.29, 0.717) is 23.6 Å². The lowest BCUT2D eigenvalue weighted by atomic mass is 10.1. The molecule has 0 atom stereocenters. The highest BCUT2D eigenvalue weighted by Gasteiger charge is 2.19. The number of carbonyl (C=O) groups excluding carboxylic acids is 2. The van der Waals surface area contributed by atoms with Gasteiger partial charge in [-0.1, -0.05) is 0 Å². The predicted octanol–water partition coefficient (Wildman–Crippen LogP) is 2.10. The molecule has 0 bridgehead atoms. The number of hydrogen-bond acceptors (Lipinski definition) is 4. The molecule has 1 heterocycles. The summed E-state index contributed by atoms with van der Waals surface area (Å²) in [5.74, 6) is 0.646. The summed E-state index contributed by atoms with van der Waals surface area (Å²) in [4.78, 5) is 26.5. The number of rotatable bonds is 3.